The van der Waals surface area contributed by atoms with Crippen molar-refractivity contribution in [3.8, 4) is 0 Å². The molecule has 0 aliphatic carbocycles. The average molecular weight is 531 g/mol. The number of H-pyrrole nitrogens is 2. The quantitative estimate of drug-likeness (QED) is 0.247. The van der Waals surface area contributed by atoms with Crippen LogP contribution < -0.4 is 10.5 Å². The van der Waals surface area contributed by atoms with E-state index >= 15 is 0 Å². The number of rotatable bonds is 7. The molecule has 8 nitrogen and oxygen atoms in total. The molecule has 0 aliphatic rings. The predicted octanol–water partition coefficient (Wildman–Crippen LogP) is 4.45. The number of sulfonamides is 1. The zero-order valence-electron chi connectivity index (χ0n) is 18.6. The van der Waals surface area contributed by atoms with E-state index in [0.717, 1.165) is 40.1 Å². The monoisotopic (exact) mass is 530 g/mol. The van der Waals surface area contributed by atoms with E-state index in [1.165, 1.54) is 18.2 Å². The molecule has 5 N–H and O–H groups in total. The number of fused-ring (bicyclic) bond motifs is 2. The van der Waals surface area contributed by atoms with Gasteiger partial charge in [-0.25, -0.2) is 23.1 Å². The first-order chi connectivity index (χ1) is 16.9. The number of hydrogen-bond acceptors (Lipinski definition) is 5. The highest BCUT2D eigenvalue weighted by Crippen LogP contribution is 2.24. The van der Waals surface area contributed by atoms with Crippen LogP contribution in [-0.4, -0.2) is 41.4 Å². The molecule has 182 valence electrons. The average Bonchev–Trinajstić information content (AvgIpc) is 3.44. The van der Waals surface area contributed by atoms with Crippen molar-refractivity contribution in [2.45, 2.75) is 17.7 Å². The first-order valence-corrected chi connectivity index (χ1v) is 13.1. The summed E-state index contributed by atoms with van der Waals surface area (Å²) < 4.78 is 27.0. The van der Waals surface area contributed by atoms with Crippen molar-refractivity contribution in [3.05, 3.63) is 88.4 Å². The maximum Gasteiger partial charge on any atom is 0.240 e. The fourth-order valence-corrected chi connectivity index (χ4v) is 4.84. The summed E-state index contributed by atoms with van der Waals surface area (Å²) in [4.78, 5) is 15.2. The van der Waals surface area contributed by atoms with Gasteiger partial charge in [0.1, 0.15) is 11.6 Å². The number of nitrogens with zero attached hydrogens (tertiary/aromatic N) is 2. The maximum absolute atomic E-state index is 12.2. The molecule has 0 amide bonds. The lowest BCUT2D eigenvalue weighted by Gasteiger charge is -2.06. The van der Waals surface area contributed by atoms with Crippen LogP contribution in [0.2, 0.25) is 10.0 Å². The van der Waals surface area contributed by atoms with Crippen LogP contribution in [0.25, 0.3) is 22.1 Å². The highest BCUT2D eigenvalue weighted by molar-refractivity contribution is 7.89. The van der Waals surface area contributed by atoms with Crippen LogP contribution in [0.15, 0.2) is 71.6 Å². The summed E-state index contributed by atoms with van der Waals surface area (Å²) in [6.07, 6.45) is 1.27. The summed E-state index contributed by atoms with van der Waals surface area (Å²) in [5.74, 6) is 1.70. The molecule has 11 heteroatoms. The molecule has 0 spiro atoms. The Kier molecular flexibility index (Phi) is 8.04. The standard InChI is InChI=1S/C15H13Cl2N3O2S.C9H11N3/c16-11-6-5-10(9-12(11)17)23(21,22)18-8-7-15-19-13-3-1-2-4-14(13)20-15;10-6-5-9-11-7-3-1-2-4-8(7)12-9/h1-6,9,18H,7-8H2,(H,19,20);1-4H,5-6,10H2,(H,11,12). The van der Waals surface area contributed by atoms with Gasteiger partial charge in [-0.3, -0.25) is 0 Å². The van der Waals surface area contributed by atoms with Gasteiger partial charge in [-0.2, -0.15) is 0 Å². The van der Waals surface area contributed by atoms with Gasteiger partial charge in [0.15, 0.2) is 0 Å². The van der Waals surface area contributed by atoms with Crippen molar-refractivity contribution in [1.29, 1.82) is 0 Å². The molecule has 0 saturated heterocycles. The van der Waals surface area contributed by atoms with Crippen molar-refractivity contribution in [3.63, 3.8) is 0 Å². The Hall–Kier alpha value is -2.95. The fourth-order valence-electron chi connectivity index (χ4n) is 3.42. The van der Waals surface area contributed by atoms with Crippen LogP contribution in [0, 0.1) is 0 Å². The minimum Gasteiger partial charge on any atom is -0.342 e. The first-order valence-electron chi connectivity index (χ1n) is 10.9. The Labute approximate surface area is 212 Å². The number of nitrogens with two attached hydrogens (primary N) is 1. The van der Waals surface area contributed by atoms with Crippen LogP contribution in [0.3, 0.4) is 0 Å². The molecule has 0 unspecified atom stereocenters. The van der Waals surface area contributed by atoms with E-state index in [1.54, 1.807) is 0 Å². The van der Waals surface area contributed by atoms with Gasteiger partial charge < -0.3 is 15.7 Å². The number of halogens is 2. The summed E-state index contributed by atoms with van der Waals surface area (Å²) >= 11 is 11.7. The molecule has 35 heavy (non-hydrogen) atoms. The van der Waals surface area contributed by atoms with Gasteiger partial charge in [-0.15, -0.1) is 0 Å². The molecule has 0 saturated carbocycles. The second-order valence-corrected chi connectivity index (χ2v) is 10.2. The van der Waals surface area contributed by atoms with Gasteiger partial charge in [0.05, 0.1) is 37.0 Å². The number of hydrogen-bond donors (Lipinski definition) is 4. The third kappa shape index (κ3) is 6.39. The Balaban J connectivity index is 0.000000201. The lowest BCUT2D eigenvalue weighted by Crippen LogP contribution is -2.26. The molecule has 0 aliphatic heterocycles. The normalized spacial score (nSPS) is 11.5. The second kappa shape index (κ2) is 11.2. The van der Waals surface area contributed by atoms with Crippen molar-refractivity contribution in [1.82, 2.24) is 24.7 Å². The molecule has 3 aromatic carbocycles. The number of aromatic amines is 2. The Morgan fingerprint density at radius 2 is 1.37 bits per heavy atom. The fraction of sp³-hybridized carbons (Fsp3) is 0.167. The van der Waals surface area contributed by atoms with E-state index in [0.29, 0.717) is 18.0 Å². The van der Waals surface area contributed by atoms with Crippen LogP contribution >= 0.6 is 23.2 Å². The van der Waals surface area contributed by atoms with Gasteiger partial charge in [-0.1, -0.05) is 47.5 Å². The molecule has 5 aromatic rings. The zero-order chi connectivity index (χ0) is 24.8. The van der Waals surface area contributed by atoms with Crippen molar-refractivity contribution >= 4 is 55.3 Å². The Morgan fingerprint density at radius 1 is 0.800 bits per heavy atom. The molecular formula is C24H24Cl2N6O2S. The summed E-state index contributed by atoms with van der Waals surface area (Å²) in [5, 5.41) is 0.514. The molecular weight excluding hydrogens is 507 g/mol. The highest BCUT2D eigenvalue weighted by atomic mass is 35.5. The number of para-hydroxylation sites is 4. The molecule has 0 radical (unpaired) electrons. The van der Waals surface area contributed by atoms with Gasteiger partial charge in [0.2, 0.25) is 10.0 Å². The first kappa shape index (κ1) is 25.2. The minimum absolute atomic E-state index is 0.0801. The van der Waals surface area contributed by atoms with Crippen LogP contribution in [0.1, 0.15) is 11.6 Å². The number of aromatic nitrogens is 4. The van der Waals surface area contributed by atoms with Gasteiger partial charge in [-0.05, 0) is 49.0 Å². The summed E-state index contributed by atoms with van der Waals surface area (Å²) in [5.41, 5.74) is 9.30. The third-order valence-electron chi connectivity index (χ3n) is 5.11. The molecule has 0 bridgehead atoms. The number of nitrogens with one attached hydrogen (secondary N) is 3. The van der Waals surface area contributed by atoms with E-state index < -0.39 is 10.0 Å². The summed E-state index contributed by atoms with van der Waals surface area (Å²) in [7, 11) is -3.63. The molecule has 0 atom stereocenters. The minimum atomic E-state index is -3.63. The summed E-state index contributed by atoms with van der Waals surface area (Å²) in [6.45, 7) is 0.863. The van der Waals surface area contributed by atoms with Crippen molar-refractivity contribution in [2.75, 3.05) is 13.1 Å². The summed E-state index contributed by atoms with van der Waals surface area (Å²) in [6, 6.07) is 19.8. The van der Waals surface area contributed by atoms with Crippen LogP contribution in [0.4, 0.5) is 0 Å². The van der Waals surface area contributed by atoms with Crippen molar-refractivity contribution < 1.29 is 8.42 Å². The molecule has 2 aromatic heterocycles. The number of benzene rings is 3. The zero-order valence-corrected chi connectivity index (χ0v) is 21.0. The lowest BCUT2D eigenvalue weighted by atomic mass is 10.3. The van der Waals surface area contributed by atoms with Gasteiger partial charge in [0.25, 0.3) is 0 Å². The smallest absolute Gasteiger partial charge is 0.240 e. The second-order valence-electron chi connectivity index (χ2n) is 7.66. The topological polar surface area (TPSA) is 130 Å². The molecule has 5 rings (SSSR count). The van der Waals surface area contributed by atoms with E-state index in [1.807, 2.05) is 48.5 Å². The van der Waals surface area contributed by atoms with Gasteiger partial charge in [0, 0.05) is 19.4 Å². The lowest BCUT2D eigenvalue weighted by molar-refractivity contribution is 0.581. The Morgan fingerprint density at radius 3 is 1.91 bits per heavy atom. The predicted molar refractivity (Wildman–Crippen MR) is 140 cm³/mol. The van der Waals surface area contributed by atoms with Gasteiger partial charge >= 0.3 is 0 Å². The Bertz CT molecular complexity index is 1480. The molecule has 2 heterocycles. The largest absolute Gasteiger partial charge is 0.342 e. The van der Waals surface area contributed by atoms with E-state index in [-0.39, 0.29) is 16.5 Å². The SMILES string of the molecule is NCCc1nc2ccccc2[nH]1.O=S(=O)(NCCc1nc2ccccc2[nH]1)c1ccc(Cl)c(Cl)c1. The highest BCUT2D eigenvalue weighted by Gasteiger charge is 2.15. The molecule has 0 fully saturated rings. The van der Waals surface area contributed by atoms with Crippen molar-refractivity contribution in [2.24, 2.45) is 5.73 Å². The third-order valence-corrected chi connectivity index (χ3v) is 7.31. The maximum atomic E-state index is 12.2. The van der Waals surface area contributed by atoms with Crippen LogP contribution in [-0.2, 0) is 22.9 Å². The van der Waals surface area contributed by atoms with Crippen LogP contribution in [0.5, 0.6) is 0 Å². The van der Waals surface area contributed by atoms with E-state index in [4.69, 9.17) is 28.9 Å². The number of imidazole rings is 2. The van der Waals surface area contributed by atoms with E-state index in [2.05, 4.69) is 24.7 Å². The van der Waals surface area contributed by atoms with E-state index in [9.17, 15) is 8.42 Å².